The molecule has 116 valence electrons. The summed E-state index contributed by atoms with van der Waals surface area (Å²) >= 11 is 1.21. The Hall–Kier alpha value is -2.94. The Kier molecular flexibility index (Phi) is 3.94. The number of carbonyl (C=O) groups excluding carboxylic acids is 1. The monoisotopic (exact) mass is 328 g/mol. The van der Waals surface area contributed by atoms with Crippen molar-refractivity contribution in [3.8, 4) is 0 Å². The minimum Gasteiger partial charge on any atom is -0.368 e. The normalized spacial score (nSPS) is 10.7. The molecule has 0 unspecified atom stereocenters. The van der Waals surface area contributed by atoms with Crippen LogP contribution in [0.5, 0.6) is 0 Å². The van der Waals surface area contributed by atoms with E-state index in [1.54, 1.807) is 0 Å². The molecular weight excluding hydrogens is 316 g/mol. The lowest BCUT2D eigenvalue weighted by Crippen LogP contribution is -2.16. The third-order valence-corrected chi connectivity index (χ3v) is 3.77. The maximum Gasteiger partial charge on any atom is 0.282 e. The number of hydrogen-bond donors (Lipinski definition) is 3. The molecular formula is C14H12N6O2S. The molecule has 2 aromatic heterocycles. The Morgan fingerprint density at radius 2 is 1.96 bits per heavy atom. The summed E-state index contributed by atoms with van der Waals surface area (Å²) in [6.07, 6.45) is 0. The molecule has 3 aromatic rings. The molecule has 23 heavy (non-hydrogen) atoms. The first-order valence-corrected chi connectivity index (χ1v) is 7.42. The van der Waals surface area contributed by atoms with E-state index in [0.717, 1.165) is 4.90 Å². The summed E-state index contributed by atoms with van der Waals surface area (Å²) in [7, 11) is 0. The first kappa shape index (κ1) is 15.0. The molecule has 3 rings (SSSR count). The number of aromatic nitrogens is 4. The number of benzene rings is 1. The van der Waals surface area contributed by atoms with Gasteiger partial charge in [-0.15, -0.1) is 0 Å². The van der Waals surface area contributed by atoms with Gasteiger partial charge in [0.15, 0.2) is 22.0 Å². The summed E-state index contributed by atoms with van der Waals surface area (Å²) in [5.74, 6) is -0.233. The van der Waals surface area contributed by atoms with Crippen LogP contribution in [0.1, 0.15) is 6.92 Å². The van der Waals surface area contributed by atoms with Crippen LogP contribution in [0.15, 0.2) is 45.0 Å². The molecule has 0 aliphatic rings. The third kappa shape index (κ3) is 3.29. The molecule has 8 nitrogen and oxygen atoms in total. The number of nitrogens with zero attached hydrogens (tertiary/aromatic N) is 3. The summed E-state index contributed by atoms with van der Waals surface area (Å²) in [6, 6.07) is 9.34. The van der Waals surface area contributed by atoms with Gasteiger partial charge in [-0.3, -0.25) is 9.59 Å². The lowest BCUT2D eigenvalue weighted by molar-refractivity contribution is -0.114. The zero-order chi connectivity index (χ0) is 16.4. The van der Waals surface area contributed by atoms with Gasteiger partial charge in [0.1, 0.15) is 0 Å². The molecule has 0 saturated heterocycles. The maximum absolute atomic E-state index is 12.2. The summed E-state index contributed by atoms with van der Waals surface area (Å²) in [4.78, 5) is 39.1. The van der Waals surface area contributed by atoms with Crippen molar-refractivity contribution in [2.24, 2.45) is 0 Å². The van der Waals surface area contributed by atoms with Crippen LogP contribution in [-0.4, -0.2) is 25.8 Å². The van der Waals surface area contributed by atoms with Gasteiger partial charge < -0.3 is 16.0 Å². The van der Waals surface area contributed by atoms with Gasteiger partial charge in [0.2, 0.25) is 11.9 Å². The van der Waals surface area contributed by atoms with E-state index in [4.69, 9.17) is 5.73 Å². The van der Waals surface area contributed by atoms with Crippen molar-refractivity contribution in [2.45, 2.75) is 16.8 Å². The van der Waals surface area contributed by atoms with Crippen LogP contribution in [-0.2, 0) is 4.79 Å². The third-order valence-electron chi connectivity index (χ3n) is 2.79. The van der Waals surface area contributed by atoms with Crippen LogP contribution in [0.4, 0.5) is 11.8 Å². The molecule has 1 aromatic carbocycles. The van der Waals surface area contributed by atoms with Crippen molar-refractivity contribution >= 4 is 40.6 Å². The van der Waals surface area contributed by atoms with Gasteiger partial charge in [-0.25, -0.2) is 4.98 Å². The number of nitrogens with one attached hydrogen (secondary N) is 2. The topological polar surface area (TPSA) is 127 Å². The van der Waals surface area contributed by atoms with E-state index in [0.29, 0.717) is 0 Å². The maximum atomic E-state index is 12.2. The molecule has 0 spiro atoms. The summed E-state index contributed by atoms with van der Waals surface area (Å²) < 4.78 is 0. The van der Waals surface area contributed by atoms with Crippen LogP contribution in [0, 0.1) is 0 Å². The fourth-order valence-electron chi connectivity index (χ4n) is 1.90. The van der Waals surface area contributed by atoms with Gasteiger partial charge in [-0.05, 0) is 12.1 Å². The van der Waals surface area contributed by atoms with Gasteiger partial charge in [-0.2, -0.15) is 9.97 Å². The highest BCUT2D eigenvalue weighted by Crippen LogP contribution is 2.25. The average molecular weight is 328 g/mol. The Morgan fingerprint density at radius 1 is 1.22 bits per heavy atom. The van der Waals surface area contributed by atoms with Crippen LogP contribution >= 0.6 is 11.8 Å². The van der Waals surface area contributed by atoms with Crippen molar-refractivity contribution in [1.82, 2.24) is 19.9 Å². The summed E-state index contributed by atoms with van der Waals surface area (Å²) in [6.45, 7) is 1.34. The minimum atomic E-state index is -0.391. The largest absolute Gasteiger partial charge is 0.368 e. The predicted molar refractivity (Wildman–Crippen MR) is 87.2 cm³/mol. The number of amides is 1. The number of carbonyl (C=O) groups is 1. The SMILES string of the molecule is CC(=O)Nc1nc(N)nc2[nH]c(=O)c(Sc3ccccc3)nc12. The second kappa shape index (κ2) is 6.05. The average Bonchev–Trinajstić information content (AvgIpc) is 2.49. The van der Waals surface area contributed by atoms with Crippen molar-refractivity contribution in [3.63, 3.8) is 0 Å². The van der Waals surface area contributed by atoms with Crippen LogP contribution in [0.3, 0.4) is 0 Å². The molecule has 4 N–H and O–H groups in total. The second-order valence-electron chi connectivity index (χ2n) is 4.60. The van der Waals surface area contributed by atoms with E-state index in [-0.39, 0.29) is 33.9 Å². The van der Waals surface area contributed by atoms with Crippen molar-refractivity contribution < 1.29 is 4.79 Å². The lowest BCUT2D eigenvalue weighted by Gasteiger charge is -2.07. The number of anilines is 2. The van der Waals surface area contributed by atoms with Gasteiger partial charge in [0.05, 0.1) is 0 Å². The first-order chi connectivity index (χ1) is 11.0. The molecule has 0 aliphatic carbocycles. The molecule has 0 atom stereocenters. The van der Waals surface area contributed by atoms with Crippen molar-refractivity contribution in [2.75, 3.05) is 11.1 Å². The van der Waals surface area contributed by atoms with E-state index in [2.05, 4.69) is 25.3 Å². The van der Waals surface area contributed by atoms with Crippen LogP contribution in [0.25, 0.3) is 11.2 Å². The Balaban J connectivity index is 2.13. The van der Waals surface area contributed by atoms with Gasteiger partial charge in [-0.1, -0.05) is 30.0 Å². The first-order valence-electron chi connectivity index (χ1n) is 6.61. The van der Waals surface area contributed by atoms with Crippen molar-refractivity contribution in [1.29, 1.82) is 0 Å². The summed E-state index contributed by atoms with van der Waals surface area (Å²) in [5.41, 5.74) is 5.63. The number of hydrogen-bond acceptors (Lipinski definition) is 7. The van der Waals surface area contributed by atoms with Crippen LogP contribution < -0.4 is 16.6 Å². The number of nitrogen functional groups attached to an aromatic ring is 1. The van der Waals surface area contributed by atoms with E-state index < -0.39 is 5.56 Å². The smallest absolute Gasteiger partial charge is 0.282 e. The molecule has 2 heterocycles. The van der Waals surface area contributed by atoms with Gasteiger partial charge >= 0.3 is 0 Å². The van der Waals surface area contributed by atoms with E-state index in [1.807, 2.05) is 30.3 Å². The van der Waals surface area contributed by atoms with E-state index >= 15 is 0 Å². The standard InChI is InChI=1S/C14H12N6O2S/c1-7(21)16-10-9-11(20-14(15)19-10)18-12(22)13(17-9)23-8-5-3-2-4-6-8/h2-6H,1H3,(H4,15,16,18,19,20,21,22). The van der Waals surface area contributed by atoms with Gasteiger partial charge in [0, 0.05) is 11.8 Å². The number of rotatable bonds is 3. The van der Waals surface area contributed by atoms with Crippen molar-refractivity contribution in [3.05, 3.63) is 40.7 Å². The molecule has 0 saturated carbocycles. The molecule has 0 fully saturated rings. The van der Waals surface area contributed by atoms with E-state index in [9.17, 15) is 9.59 Å². The fourth-order valence-corrected chi connectivity index (χ4v) is 2.70. The molecule has 0 aliphatic heterocycles. The van der Waals surface area contributed by atoms with Crippen LogP contribution in [0.2, 0.25) is 0 Å². The Labute approximate surface area is 134 Å². The highest BCUT2D eigenvalue weighted by Gasteiger charge is 2.14. The minimum absolute atomic E-state index is 0.0674. The zero-order valence-electron chi connectivity index (χ0n) is 12.0. The quantitative estimate of drug-likeness (QED) is 0.663. The molecule has 1 amide bonds. The highest BCUT2D eigenvalue weighted by atomic mass is 32.2. The predicted octanol–water partition coefficient (Wildman–Crippen LogP) is 1.40. The Morgan fingerprint density at radius 3 is 2.65 bits per heavy atom. The number of aromatic amines is 1. The molecule has 0 radical (unpaired) electrons. The Bertz CT molecular complexity index is 941. The lowest BCUT2D eigenvalue weighted by atomic mass is 10.4. The second-order valence-corrected chi connectivity index (χ2v) is 5.66. The number of fused-ring (bicyclic) bond motifs is 1. The highest BCUT2D eigenvalue weighted by molar-refractivity contribution is 7.99. The zero-order valence-corrected chi connectivity index (χ0v) is 12.8. The summed E-state index contributed by atoms with van der Waals surface area (Å²) in [5, 5.41) is 2.76. The molecule has 0 bridgehead atoms. The number of H-pyrrole nitrogens is 1. The fraction of sp³-hybridized carbons (Fsp3) is 0.0714. The molecule has 9 heteroatoms. The van der Waals surface area contributed by atoms with Gasteiger partial charge in [0.25, 0.3) is 5.56 Å². The van der Waals surface area contributed by atoms with E-state index in [1.165, 1.54) is 18.7 Å². The number of nitrogens with two attached hydrogens (primary N) is 1.